The summed E-state index contributed by atoms with van der Waals surface area (Å²) < 4.78 is 0. The first-order chi connectivity index (χ1) is 10.6. The van der Waals surface area contributed by atoms with Crippen molar-refractivity contribution in [1.29, 1.82) is 0 Å². The second kappa shape index (κ2) is 5.64. The van der Waals surface area contributed by atoms with Crippen molar-refractivity contribution in [3.8, 4) is 0 Å². The number of rotatable bonds is 1. The third-order valence-corrected chi connectivity index (χ3v) is 3.95. The Morgan fingerprint density at radius 1 is 1.14 bits per heavy atom. The van der Waals surface area contributed by atoms with Gasteiger partial charge in [-0.2, -0.15) is 0 Å². The molecule has 1 N–H and O–H groups in total. The Bertz CT molecular complexity index is 739. The highest BCUT2D eigenvalue weighted by atomic mass is 16.2. The number of anilines is 2. The summed E-state index contributed by atoms with van der Waals surface area (Å²) in [6.45, 7) is 3.82. The van der Waals surface area contributed by atoms with E-state index < -0.39 is 0 Å². The smallest absolute Gasteiger partial charge is 0.258 e. The van der Waals surface area contributed by atoms with Crippen LogP contribution in [0.2, 0.25) is 0 Å². The van der Waals surface area contributed by atoms with Crippen molar-refractivity contribution in [2.75, 3.05) is 10.2 Å². The molecule has 0 saturated heterocycles. The predicted molar refractivity (Wildman–Crippen MR) is 87.1 cm³/mol. The van der Waals surface area contributed by atoms with Gasteiger partial charge in [0, 0.05) is 18.0 Å². The van der Waals surface area contributed by atoms with Crippen molar-refractivity contribution in [3.63, 3.8) is 0 Å². The van der Waals surface area contributed by atoms with Crippen LogP contribution in [0, 0.1) is 6.92 Å². The van der Waals surface area contributed by atoms with E-state index >= 15 is 0 Å². The molecule has 0 aliphatic carbocycles. The molecule has 4 heteroatoms. The van der Waals surface area contributed by atoms with Gasteiger partial charge in [-0.15, -0.1) is 0 Å². The van der Waals surface area contributed by atoms with E-state index in [4.69, 9.17) is 0 Å². The largest absolute Gasteiger partial charge is 0.324 e. The van der Waals surface area contributed by atoms with E-state index in [9.17, 15) is 9.59 Å². The molecule has 0 saturated carbocycles. The van der Waals surface area contributed by atoms with E-state index in [-0.39, 0.29) is 24.3 Å². The summed E-state index contributed by atoms with van der Waals surface area (Å²) in [4.78, 5) is 26.7. The molecule has 22 heavy (non-hydrogen) atoms. The van der Waals surface area contributed by atoms with Gasteiger partial charge in [0.15, 0.2) is 0 Å². The zero-order valence-corrected chi connectivity index (χ0v) is 12.7. The van der Waals surface area contributed by atoms with Gasteiger partial charge < -0.3 is 10.2 Å². The van der Waals surface area contributed by atoms with Gasteiger partial charge in [-0.1, -0.05) is 30.3 Å². The Labute approximate surface area is 129 Å². The molecule has 0 radical (unpaired) electrons. The molecule has 2 amide bonds. The van der Waals surface area contributed by atoms with Gasteiger partial charge in [0.2, 0.25) is 5.91 Å². The van der Waals surface area contributed by atoms with E-state index in [1.54, 1.807) is 4.90 Å². The number of nitrogens with zero attached hydrogens (tertiary/aromatic N) is 1. The number of hydrogen-bond donors (Lipinski definition) is 1. The fourth-order valence-electron chi connectivity index (χ4n) is 2.84. The zero-order chi connectivity index (χ0) is 15.7. The molecule has 1 aliphatic heterocycles. The van der Waals surface area contributed by atoms with Crippen LogP contribution in [0.3, 0.4) is 0 Å². The monoisotopic (exact) mass is 294 g/mol. The molecule has 2 aromatic rings. The second-order valence-corrected chi connectivity index (χ2v) is 5.61. The van der Waals surface area contributed by atoms with Gasteiger partial charge in [0.25, 0.3) is 5.91 Å². The fourth-order valence-corrected chi connectivity index (χ4v) is 2.84. The number of aryl methyl sites for hydroxylation is 1. The lowest BCUT2D eigenvalue weighted by atomic mass is 10.1. The van der Waals surface area contributed by atoms with Crippen molar-refractivity contribution < 1.29 is 9.59 Å². The minimum Gasteiger partial charge on any atom is -0.324 e. The van der Waals surface area contributed by atoms with Gasteiger partial charge in [0.05, 0.1) is 11.4 Å². The Morgan fingerprint density at radius 3 is 2.59 bits per heavy atom. The molecule has 1 atom stereocenters. The number of para-hydroxylation sites is 2. The van der Waals surface area contributed by atoms with E-state index in [2.05, 4.69) is 5.32 Å². The van der Waals surface area contributed by atoms with E-state index in [0.29, 0.717) is 11.3 Å². The summed E-state index contributed by atoms with van der Waals surface area (Å²) >= 11 is 0. The van der Waals surface area contributed by atoms with Crippen LogP contribution in [0.1, 0.15) is 29.3 Å². The number of benzene rings is 2. The summed E-state index contributed by atoms with van der Waals surface area (Å²) in [5.41, 5.74) is 3.02. The Morgan fingerprint density at radius 2 is 1.82 bits per heavy atom. The SMILES string of the molecule is Cc1ccccc1C(=O)N1c2ccccc2NC(=O)C[C@H]1C. The minimum absolute atomic E-state index is 0.0694. The molecule has 0 unspecified atom stereocenters. The lowest BCUT2D eigenvalue weighted by Crippen LogP contribution is -2.39. The highest BCUT2D eigenvalue weighted by molar-refractivity contribution is 6.11. The molecule has 4 nitrogen and oxygen atoms in total. The first-order valence-corrected chi connectivity index (χ1v) is 7.36. The molecule has 0 bridgehead atoms. The van der Waals surface area contributed by atoms with Gasteiger partial charge in [0.1, 0.15) is 0 Å². The second-order valence-electron chi connectivity index (χ2n) is 5.61. The van der Waals surface area contributed by atoms with Gasteiger partial charge in [-0.05, 0) is 37.6 Å². The Balaban J connectivity index is 2.10. The van der Waals surface area contributed by atoms with Gasteiger partial charge >= 0.3 is 0 Å². The molecule has 0 spiro atoms. The van der Waals surface area contributed by atoms with E-state index in [1.807, 2.05) is 62.4 Å². The molecular weight excluding hydrogens is 276 g/mol. The highest BCUT2D eigenvalue weighted by Gasteiger charge is 2.30. The maximum Gasteiger partial charge on any atom is 0.258 e. The molecule has 1 heterocycles. The molecule has 0 fully saturated rings. The third-order valence-electron chi connectivity index (χ3n) is 3.95. The maximum absolute atomic E-state index is 13.0. The Kier molecular flexibility index (Phi) is 3.67. The number of nitrogens with one attached hydrogen (secondary N) is 1. The molecular formula is C18H18N2O2. The topological polar surface area (TPSA) is 49.4 Å². The zero-order valence-electron chi connectivity index (χ0n) is 12.7. The average Bonchev–Trinajstić information content (AvgIpc) is 2.61. The molecule has 1 aliphatic rings. The van der Waals surface area contributed by atoms with Crippen molar-refractivity contribution in [2.24, 2.45) is 0 Å². The van der Waals surface area contributed by atoms with Crippen LogP contribution in [0.15, 0.2) is 48.5 Å². The molecule has 0 aromatic heterocycles. The summed E-state index contributed by atoms with van der Waals surface area (Å²) in [6.07, 6.45) is 0.284. The highest BCUT2D eigenvalue weighted by Crippen LogP contribution is 2.32. The quantitative estimate of drug-likeness (QED) is 0.876. The van der Waals surface area contributed by atoms with Crippen LogP contribution in [0.25, 0.3) is 0 Å². The molecule has 2 aromatic carbocycles. The number of carbonyl (C=O) groups is 2. The lowest BCUT2D eigenvalue weighted by Gasteiger charge is -2.28. The number of carbonyl (C=O) groups excluding carboxylic acids is 2. The van der Waals surface area contributed by atoms with E-state index in [0.717, 1.165) is 11.3 Å². The van der Waals surface area contributed by atoms with Crippen LogP contribution in [-0.4, -0.2) is 17.9 Å². The van der Waals surface area contributed by atoms with Gasteiger partial charge in [-0.3, -0.25) is 9.59 Å². The lowest BCUT2D eigenvalue weighted by molar-refractivity contribution is -0.116. The normalized spacial score (nSPS) is 17.5. The number of hydrogen-bond acceptors (Lipinski definition) is 2. The van der Waals surface area contributed by atoms with Crippen molar-refractivity contribution in [1.82, 2.24) is 0 Å². The van der Waals surface area contributed by atoms with Crippen LogP contribution < -0.4 is 10.2 Å². The number of amides is 2. The van der Waals surface area contributed by atoms with Crippen molar-refractivity contribution in [3.05, 3.63) is 59.7 Å². The predicted octanol–water partition coefficient (Wildman–Crippen LogP) is 3.37. The van der Waals surface area contributed by atoms with Crippen molar-refractivity contribution in [2.45, 2.75) is 26.3 Å². The maximum atomic E-state index is 13.0. The van der Waals surface area contributed by atoms with Crippen LogP contribution in [0.4, 0.5) is 11.4 Å². The van der Waals surface area contributed by atoms with E-state index in [1.165, 1.54) is 0 Å². The van der Waals surface area contributed by atoms with Gasteiger partial charge in [-0.25, -0.2) is 0 Å². The Hall–Kier alpha value is -2.62. The molecule has 112 valence electrons. The summed E-state index contributed by atoms with van der Waals surface area (Å²) in [5.74, 6) is -0.144. The van der Waals surface area contributed by atoms with Crippen LogP contribution >= 0.6 is 0 Å². The summed E-state index contributed by atoms with van der Waals surface area (Å²) in [5, 5.41) is 2.87. The summed E-state index contributed by atoms with van der Waals surface area (Å²) in [7, 11) is 0. The van der Waals surface area contributed by atoms with Crippen molar-refractivity contribution >= 4 is 23.2 Å². The molecule has 3 rings (SSSR count). The first kappa shape index (κ1) is 14.3. The average molecular weight is 294 g/mol. The van der Waals surface area contributed by atoms with Crippen LogP contribution in [0.5, 0.6) is 0 Å². The van der Waals surface area contributed by atoms with Crippen LogP contribution in [-0.2, 0) is 4.79 Å². The first-order valence-electron chi connectivity index (χ1n) is 7.36. The standard InChI is InChI=1S/C18H18N2O2/c1-12-7-3-4-8-14(12)18(22)20-13(2)11-17(21)19-15-9-5-6-10-16(15)20/h3-10,13H,11H2,1-2H3,(H,19,21)/t13-/m1/s1. The fraction of sp³-hybridized carbons (Fsp3) is 0.222. The summed E-state index contributed by atoms with van der Waals surface area (Å²) in [6, 6.07) is 14.7. The third kappa shape index (κ3) is 2.48. The minimum atomic E-state index is -0.198. The number of fused-ring (bicyclic) bond motifs is 1.